The van der Waals surface area contributed by atoms with Gasteiger partial charge in [-0.1, -0.05) is 43.2 Å². The Morgan fingerprint density at radius 2 is 1.95 bits per heavy atom. The van der Waals surface area contributed by atoms with Crippen molar-refractivity contribution < 1.29 is 5.11 Å². The first-order chi connectivity index (χ1) is 9.33. The fraction of sp³-hybridized carbons (Fsp3) is 0.625. The highest BCUT2D eigenvalue weighted by atomic mass is 16.3. The van der Waals surface area contributed by atoms with Crippen LogP contribution in [0.5, 0.6) is 0 Å². The smallest absolute Gasteiger partial charge is 0.0474 e. The molecule has 1 aromatic carbocycles. The summed E-state index contributed by atoms with van der Waals surface area (Å²) in [6.45, 7) is 0.934. The third kappa shape index (κ3) is 4.30. The third-order valence-electron chi connectivity index (χ3n) is 4.20. The zero-order valence-corrected chi connectivity index (χ0v) is 11.6. The predicted molar refractivity (Wildman–Crippen MR) is 79.0 cm³/mol. The number of aliphatic hydroxyl groups excluding tert-OH is 1. The summed E-state index contributed by atoms with van der Waals surface area (Å²) in [5.41, 5.74) is 7.22. The van der Waals surface area contributed by atoms with Crippen LogP contribution in [0.3, 0.4) is 0 Å². The lowest BCUT2D eigenvalue weighted by molar-refractivity contribution is 0.146. The van der Waals surface area contributed by atoms with E-state index in [1.165, 1.54) is 18.4 Å². The van der Waals surface area contributed by atoms with Crippen molar-refractivity contribution in [1.82, 2.24) is 5.32 Å². The van der Waals surface area contributed by atoms with Crippen LogP contribution in [0, 0.1) is 5.92 Å². The highest BCUT2D eigenvalue weighted by molar-refractivity contribution is 5.16. The van der Waals surface area contributed by atoms with Gasteiger partial charge in [-0.3, -0.25) is 0 Å². The second-order valence-electron chi connectivity index (χ2n) is 5.62. The molecule has 19 heavy (non-hydrogen) atoms. The van der Waals surface area contributed by atoms with Crippen LogP contribution in [0.15, 0.2) is 30.3 Å². The largest absolute Gasteiger partial charge is 0.396 e. The van der Waals surface area contributed by atoms with E-state index >= 15 is 0 Å². The molecule has 3 nitrogen and oxygen atoms in total. The quantitative estimate of drug-likeness (QED) is 0.731. The summed E-state index contributed by atoms with van der Waals surface area (Å²) in [4.78, 5) is 0. The van der Waals surface area contributed by atoms with Gasteiger partial charge in [0.05, 0.1) is 0 Å². The van der Waals surface area contributed by atoms with E-state index in [0.717, 1.165) is 19.3 Å². The highest BCUT2D eigenvalue weighted by Gasteiger charge is 2.26. The number of benzene rings is 1. The first kappa shape index (κ1) is 14.5. The molecule has 0 bridgehead atoms. The fourth-order valence-corrected chi connectivity index (χ4v) is 3.06. The lowest BCUT2D eigenvalue weighted by Crippen LogP contribution is -2.49. The van der Waals surface area contributed by atoms with Gasteiger partial charge in [0.15, 0.2) is 0 Å². The van der Waals surface area contributed by atoms with Crippen LogP contribution in [0.25, 0.3) is 0 Å². The molecule has 3 heteroatoms. The van der Waals surface area contributed by atoms with Gasteiger partial charge >= 0.3 is 0 Å². The molecule has 1 fully saturated rings. The molecule has 2 rings (SSSR count). The summed E-state index contributed by atoms with van der Waals surface area (Å²) in [5, 5.41) is 13.1. The Labute approximate surface area is 116 Å². The molecule has 1 saturated carbocycles. The maximum absolute atomic E-state index is 9.47. The van der Waals surface area contributed by atoms with Gasteiger partial charge in [0.25, 0.3) is 0 Å². The van der Waals surface area contributed by atoms with Gasteiger partial charge in [-0.15, -0.1) is 0 Å². The van der Waals surface area contributed by atoms with E-state index in [0.29, 0.717) is 31.2 Å². The van der Waals surface area contributed by atoms with Crippen molar-refractivity contribution >= 4 is 0 Å². The van der Waals surface area contributed by atoms with Crippen molar-refractivity contribution in [3.63, 3.8) is 0 Å². The van der Waals surface area contributed by atoms with Crippen LogP contribution in [0.1, 0.15) is 31.2 Å². The van der Waals surface area contributed by atoms with Gasteiger partial charge in [0.1, 0.15) is 0 Å². The minimum absolute atomic E-state index is 0.292. The maximum atomic E-state index is 9.47. The van der Waals surface area contributed by atoms with E-state index in [-0.39, 0.29) is 0 Å². The predicted octanol–water partition coefficient (Wildman–Crippen LogP) is 1.70. The van der Waals surface area contributed by atoms with E-state index in [9.17, 15) is 5.11 Å². The average Bonchev–Trinajstić information content (AvgIpc) is 2.48. The number of hydrogen-bond acceptors (Lipinski definition) is 3. The Morgan fingerprint density at radius 1 is 1.21 bits per heavy atom. The summed E-state index contributed by atoms with van der Waals surface area (Å²) < 4.78 is 0. The molecule has 1 aromatic rings. The van der Waals surface area contributed by atoms with Crippen molar-refractivity contribution in [2.75, 3.05) is 13.2 Å². The number of rotatable bonds is 6. The number of nitrogens with one attached hydrogen (secondary N) is 1. The molecule has 0 radical (unpaired) electrons. The van der Waals surface area contributed by atoms with Gasteiger partial charge in [0.2, 0.25) is 0 Å². The molecule has 1 aliphatic carbocycles. The van der Waals surface area contributed by atoms with E-state index in [1.807, 2.05) is 6.07 Å². The molecular weight excluding hydrogens is 236 g/mol. The molecule has 4 N–H and O–H groups in total. The molecule has 0 spiro atoms. The van der Waals surface area contributed by atoms with Crippen molar-refractivity contribution in [3.05, 3.63) is 35.9 Å². The minimum Gasteiger partial charge on any atom is -0.396 e. The highest BCUT2D eigenvalue weighted by Crippen LogP contribution is 2.24. The fourth-order valence-electron chi connectivity index (χ4n) is 3.06. The Hall–Kier alpha value is -0.900. The second-order valence-corrected chi connectivity index (χ2v) is 5.62. The Kier molecular flexibility index (Phi) is 5.83. The van der Waals surface area contributed by atoms with Gasteiger partial charge in [-0.2, -0.15) is 0 Å². The zero-order chi connectivity index (χ0) is 13.5. The Bertz CT molecular complexity index is 355. The Balaban J connectivity index is 1.90. The normalized spacial score (nSPS) is 25.2. The summed E-state index contributed by atoms with van der Waals surface area (Å²) in [5.74, 6) is 0.401. The SMILES string of the molecule is NCC(Cc1ccccc1)NC1CCCCC1CO. The summed E-state index contributed by atoms with van der Waals surface area (Å²) in [7, 11) is 0. The van der Waals surface area contributed by atoms with Crippen molar-refractivity contribution in [1.29, 1.82) is 0 Å². The van der Waals surface area contributed by atoms with Crippen molar-refractivity contribution in [2.45, 2.75) is 44.2 Å². The van der Waals surface area contributed by atoms with Gasteiger partial charge in [-0.05, 0) is 30.7 Å². The van der Waals surface area contributed by atoms with Crippen molar-refractivity contribution in [3.8, 4) is 0 Å². The van der Waals surface area contributed by atoms with Crippen LogP contribution in [-0.2, 0) is 6.42 Å². The zero-order valence-electron chi connectivity index (χ0n) is 11.6. The van der Waals surface area contributed by atoms with E-state index < -0.39 is 0 Å². The van der Waals surface area contributed by atoms with Crippen LogP contribution < -0.4 is 11.1 Å². The topological polar surface area (TPSA) is 58.3 Å². The molecule has 3 unspecified atom stereocenters. The number of hydrogen-bond donors (Lipinski definition) is 3. The third-order valence-corrected chi connectivity index (χ3v) is 4.20. The lowest BCUT2D eigenvalue weighted by atomic mass is 9.84. The van der Waals surface area contributed by atoms with Crippen LogP contribution >= 0.6 is 0 Å². The molecular formula is C16H26N2O. The van der Waals surface area contributed by atoms with Gasteiger partial charge in [-0.25, -0.2) is 0 Å². The van der Waals surface area contributed by atoms with Crippen molar-refractivity contribution in [2.24, 2.45) is 11.7 Å². The monoisotopic (exact) mass is 262 g/mol. The minimum atomic E-state index is 0.292. The molecule has 3 atom stereocenters. The first-order valence-electron chi connectivity index (χ1n) is 7.44. The van der Waals surface area contributed by atoms with E-state index in [1.54, 1.807) is 0 Å². The van der Waals surface area contributed by atoms with Gasteiger partial charge < -0.3 is 16.2 Å². The Morgan fingerprint density at radius 3 is 2.63 bits per heavy atom. The first-order valence-corrected chi connectivity index (χ1v) is 7.44. The molecule has 0 amide bonds. The molecule has 0 heterocycles. The molecule has 0 aromatic heterocycles. The lowest BCUT2D eigenvalue weighted by Gasteiger charge is -2.34. The number of aliphatic hydroxyl groups is 1. The molecule has 0 saturated heterocycles. The average molecular weight is 262 g/mol. The molecule has 1 aliphatic rings. The summed E-state index contributed by atoms with van der Waals surface area (Å²) >= 11 is 0. The summed E-state index contributed by atoms with van der Waals surface area (Å²) in [6, 6.07) is 11.2. The van der Waals surface area contributed by atoms with Gasteiger partial charge in [0, 0.05) is 25.2 Å². The maximum Gasteiger partial charge on any atom is 0.0474 e. The van der Waals surface area contributed by atoms with E-state index in [2.05, 4.69) is 29.6 Å². The van der Waals surface area contributed by atoms with Crippen LogP contribution in [0.4, 0.5) is 0 Å². The summed E-state index contributed by atoms with van der Waals surface area (Å²) in [6.07, 6.45) is 5.77. The molecule has 0 aliphatic heterocycles. The van der Waals surface area contributed by atoms with Crippen LogP contribution in [0.2, 0.25) is 0 Å². The standard InChI is InChI=1S/C16H26N2O/c17-11-15(10-13-6-2-1-3-7-13)18-16-9-5-4-8-14(16)12-19/h1-3,6-7,14-16,18-19H,4-5,8-12,17H2. The number of nitrogens with two attached hydrogens (primary N) is 1. The second kappa shape index (κ2) is 7.63. The molecule has 106 valence electrons. The van der Waals surface area contributed by atoms with Crippen LogP contribution in [-0.4, -0.2) is 30.3 Å². The van der Waals surface area contributed by atoms with E-state index in [4.69, 9.17) is 5.73 Å².